The van der Waals surface area contributed by atoms with Gasteiger partial charge in [0.1, 0.15) is 5.75 Å². The molecule has 0 aromatic heterocycles. The molecule has 0 aliphatic carbocycles. The topological polar surface area (TPSA) is 38.5 Å². The lowest BCUT2D eigenvalue weighted by atomic mass is 10.0. The third-order valence-electron chi connectivity index (χ3n) is 3.15. The van der Waals surface area contributed by atoms with Crippen molar-refractivity contribution in [1.82, 2.24) is 0 Å². The van der Waals surface area contributed by atoms with Gasteiger partial charge in [-0.3, -0.25) is 0 Å². The molecule has 1 aromatic carbocycles. The summed E-state index contributed by atoms with van der Waals surface area (Å²) in [6.45, 7) is 5.29. The number of nitrogens with two attached hydrogens (primary N) is 1. The van der Waals surface area contributed by atoms with E-state index in [9.17, 15) is 0 Å². The highest BCUT2D eigenvalue weighted by atomic mass is 16.5. The van der Waals surface area contributed by atoms with Gasteiger partial charge in [-0.1, -0.05) is 19.9 Å². The van der Waals surface area contributed by atoms with E-state index in [-0.39, 0.29) is 6.04 Å². The summed E-state index contributed by atoms with van der Waals surface area (Å²) in [6, 6.07) is 8.36. The van der Waals surface area contributed by atoms with Crippen LogP contribution in [0.4, 0.5) is 5.69 Å². The minimum Gasteiger partial charge on any atom is -0.497 e. The molecule has 1 atom stereocenters. The van der Waals surface area contributed by atoms with Crippen LogP contribution in [0.25, 0.3) is 0 Å². The van der Waals surface area contributed by atoms with Crippen molar-refractivity contribution in [2.45, 2.75) is 26.3 Å². The zero-order valence-electron chi connectivity index (χ0n) is 11.3. The lowest BCUT2D eigenvalue weighted by Gasteiger charge is -2.23. The summed E-state index contributed by atoms with van der Waals surface area (Å²) in [5.41, 5.74) is 7.21. The van der Waals surface area contributed by atoms with Gasteiger partial charge < -0.3 is 15.4 Å². The molecule has 1 aromatic rings. The normalized spacial score (nSPS) is 12.6. The minimum atomic E-state index is 0.267. The number of methoxy groups -OCH3 is 1. The van der Waals surface area contributed by atoms with Gasteiger partial charge in [-0.15, -0.1) is 0 Å². The highest BCUT2D eigenvalue weighted by Gasteiger charge is 2.09. The number of hydrogen-bond donors (Lipinski definition) is 1. The smallest absolute Gasteiger partial charge is 0.120 e. The van der Waals surface area contributed by atoms with Gasteiger partial charge in [0.25, 0.3) is 0 Å². The summed E-state index contributed by atoms with van der Waals surface area (Å²) >= 11 is 0. The Morgan fingerprint density at radius 1 is 1.35 bits per heavy atom. The number of anilines is 1. The first kappa shape index (κ1) is 13.8. The van der Waals surface area contributed by atoms with Gasteiger partial charge in [-0.05, 0) is 24.5 Å². The van der Waals surface area contributed by atoms with E-state index in [2.05, 4.69) is 31.9 Å². The van der Waals surface area contributed by atoms with E-state index in [1.54, 1.807) is 7.11 Å². The summed E-state index contributed by atoms with van der Waals surface area (Å²) in [6.07, 6.45) is 1.01. The summed E-state index contributed by atoms with van der Waals surface area (Å²) in [5, 5.41) is 0. The Morgan fingerprint density at radius 3 is 2.65 bits per heavy atom. The molecule has 0 bridgehead atoms. The summed E-state index contributed by atoms with van der Waals surface area (Å²) in [4.78, 5) is 2.21. The quantitative estimate of drug-likeness (QED) is 0.824. The van der Waals surface area contributed by atoms with E-state index in [4.69, 9.17) is 10.5 Å². The van der Waals surface area contributed by atoms with Crippen molar-refractivity contribution in [3.8, 4) is 5.75 Å². The summed E-state index contributed by atoms with van der Waals surface area (Å²) in [7, 11) is 3.77. The molecule has 0 aliphatic rings. The van der Waals surface area contributed by atoms with Crippen LogP contribution in [0.5, 0.6) is 5.75 Å². The third kappa shape index (κ3) is 4.27. The van der Waals surface area contributed by atoms with Crippen LogP contribution in [0.15, 0.2) is 24.3 Å². The Morgan fingerprint density at radius 2 is 2.06 bits per heavy atom. The van der Waals surface area contributed by atoms with E-state index in [1.165, 1.54) is 5.69 Å². The van der Waals surface area contributed by atoms with Crippen molar-refractivity contribution in [1.29, 1.82) is 0 Å². The fourth-order valence-electron chi connectivity index (χ4n) is 1.65. The molecule has 0 fully saturated rings. The highest BCUT2D eigenvalue weighted by Crippen LogP contribution is 2.20. The maximum Gasteiger partial charge on any atom is 0.120 e. The minimum absolute atomic E-state index is 0.267. The Labute approximate surface area is 105 Å². The molecule has 17 heavy (non-hydrogen) atoms. The molecule has 0 amide bonds. The van der Waals surface area contributed by atoms with Crippen LogP contribution in [0.3, 0.4) is 0 Å². The third-order valence-corrected chi connectivity index (χ3v) is 3.15. The fourth-order valence-corrected chi connectivity index (χ4v) is 1.65. The van der Waals surface area contributed by atoms with Crippen LogP contribution in [0.2, 0.25) is 0 Å². The summed E-state index contributed by atoms with van der Waals surface area (Å²) < 4.78 is 5.22. The van der Waals surface area contributed by atoms with Crippen molar-refractivity contribution >= 4 is 5.69 Å². The molecule has 0 saturated heterocycles. The van der Waals surface area contributed by atoms with Gasteiger partial charge in [0.15, 0.2) is 0 Å². The van der Waals surface area contributed by atoms with Crippen molar-refractivity contribution in [2.24, 2.45) is 11.7 Å². The van der Waals surface area contributed by atoms with Gasteiger partial charge in [0, 0.05) is 31.4 Å². The van der Waals surface area contributed by atoms with E-state index in [0.29, 0.717) is 5.92 Å². The average molecular weight is 236 g/mol. The number of rotatable bonds is 6. The van der Waals surface area contributed by atoms with Gasteiger partial charge in [-0.25, -0.2) is 0 Å². The molecule has 2 N–H and O–H groups in total. The van der Waals surface area contributed by atoms with E-state index in [0.717, 1.165) is 18.7 Å². The molecule has 96 valence electrons. The first-order valence-corrected chi connectivity index (χ1v) is 6.15. The Kier molecular flexibility index (Phi) is 5.29. The monoisotopic (exact) mass is 236 g/mol. The van der Waals surface area contributed by atoms with Crippen LogP contribution in [0.1, 0.15) is 20.3 Å². The maximum absolute atomic E-state index is 6.05. The molecule has 1 unspecified atom stereocenters. The zero-order chi connectivity index (χ0) is 12.8. The standard InChI is InChI=1S/C14H24N2O/c1-11(2)14(15)8-9-16(3)12-6-5-7-13(10-12)17-4/h5-7,10-11,14H,8-9,15H2,1-4H3. The van der Waals surface area contributed by atoms with Crippen LogP contribution in [-0.2, 0) is 0 Å². The fraction of sp³-hybridized carbons (Fsp3) is 0.571. The molecule has 0 aliphatic heterocycles. The first-order chi connectivity index (χ1) is 8.04. The first-order valence-electron chi connectivity index (χ1n) is 6.15. The molecule has 0 heterocycles. The number of ether oxygens (including phenoxy) is 1. The molecule has 1 rings (SSSR count). The SMILES string of the molecule is COc1cccc(N(C)CCC(N)C(C)C)c1. The highest BCUT2D eigenvalue weighted by molar-refractivity contribution is 5.49. The summed E-state index contributed by atoms with van der Waals surface area (Å²) in [5.74, 6) is 1.43. The molecule has 3 nitrogen and oxygen atoms in total. The lowest BCUT2D eigenvalue weighted by molar-refractivity contribution is 0.414. The zero-order valence-corrected chi connectivity index (χ0v) is 11.3. The number of benzene rings is 1. The largest absolute Gasteiger partial charge is 0.497 e. The molecule has 0 radical (unpaired) electrons. The average Bonchev–Trinajstić information content (AvgIpc) is 2.35. The van der Waals surface area contributed by atoms with E-state index < -0.39 is 0 Å². The second kappa shape index (κ2) is 6.50. The van der Waals surface area contributed by atoms with Crippen molar-refractivity contribution in [2.75, 3.05) is 25.6 Å². The van der Waals surface area contributed by atoms with Crippen molar-refractivity contribution < 1.29 is 4.74 Å². The van der Waals surface area contributed by atoms with Crippen LogP contribution >= 0.6 is 0 Å². The number of hydrogen-bond acceptors (Lipinski definition) is 3. The predicted molar refractivity (Wildman–Crippen MR) is 73.7 cm³/mol. The van der Waals surface area contributed by atoms with Crippen molar-refractivity contribution in [3.63, 3.8) is 0 Å². The van der Waals surface area contributed by atoms with Gasteiger partial charge >= 0.3 is 0 Å². The lowest BCUT2D eigenvalue weighted by Crippen LogP contribution is -2.31. The van der Waals surface area contributed by atoms with Gasteiger partial charge in [-0.2, -0.15) is 0 Å². The molecule has 3 heteroatoms. The Bertz CT molecular complexity index is 339. The number of nitrogens with zero attached hydrogens (tertiary/aromatic N) is 1. The molecule has 0 saturated carbocycles. The van der Waals surface area contributed by atoms with Crippen molar-refractivity contribution in [3.05, 3.63) is 24.3 Å². The molecule has 0 spiro atoms. The Hall–Kier alpha value is -1.22. The second-order valence-corrected chi connectivity index (χ2v) is 4.82. The van der Waals surface area contributed by atoms with Crippen LogP contribution < -0.4 is 15.4 Å². The predicted octanol–water partition coefficient (Wildman–Crippen LogP) is 2.50. The van der Waals surface area contributed by atoms with Crippen LogP contribution in [0, 0.1) is 5.92 Å². The van der Waals surface area contributed by atoms with Gasteiger partial charge in [0.05, 0.1) is 7.11 Å². The molecular formula is C14H24N2O. The van der Waals surface area contributed by atoms with E-state index in [1.807, 2.05) is 18.2 Å². The van der Waals surface area contributed by atoms with E-state index >= 15 is 0 Å². The molecular weight excluding hydrogens is 212 g/mol. The van der Waals surface area contributed by atoms with Crippen LogP contribution in [-0.4, -0.2) is 26.7 Å². The maximum atomic E-state index is 6.05. The second-order valence-electron chi connectivity index (χ2n) is 4.82. The van der Waals surface area contributed by atoms with Gasteiger partial charge in [0.2, 0.25) is 0 Å². The Balaban J connectivity index is 2.54.